The summed E-state index contributed by atoms with van der Waals surface area (Å²) < 4.78 is 5.33. The number of ether oxygens (including phenoxy) is 1. The SMILES string of the molecule is CC(C)C(C)(C)CCCCC=CN1CCOCC1. The standard InChI is InChI=1S/C16H31NO/c1-15(2)16(3,4)9-7-5-6-8-10-17-11-13-18-14-12-17/h8,10,15H,5-7,9,11-14H2,1-4H3. The van der Waals surface area contributed by atoms with E-state index in [2.05, 4.69) is 44.9 Å². The molecule has 106 valence electrons. The largest absolute Gasteiger partial charge is 0.378 e. The fourth-order valence-corrected chi connectivity index (χ4v) is 2.08. The molecule has 1 rings (SSSR count). The summed E-state index contributed by atoms with van der Waals surface area (Å²) in [4.78, 5) is 2.36. The van der Waals surface area contributed by atoms with E-state index in [0.717, 1.165) is 32.2 Å². The van der Waals surface area contributed by atoms with Crippen molar-refractivity contribution in [2.24, 2.45) is 11.3 Å². The molecule has 0 bridgehead atoms. The van der Waals surface area contributed by atoms with Gasteiger partial charge in [0.25, 0.3) is 0 Å². The Hall–Kier alpha value is -0.500. The molecule has 0 N–H and O–H groups in total. The first-order chi connectivity index (χ1) is 8.52. The van der Waals surface area contributed by atoms with Crippen molar-refractivity contribution in [3.63, 3.8) is 0 Å². The van der Waals surface area contributed by atoms with E-state index >= 15 is 0 Å². The molecule has 0 aromatic rings. The lowest BCUT2D eigenvalue weighted by atomic mass is 9.77. The van der Waals surface area contributed by atoms with Gasteiger partial charge < -0.3 is 9.64 Å². The van der Waals surface area contributed by atoms with Crippen LogP contribution in [0.25, 0.3) is 0 Å². The highest BCUT2D eigenvalue weighted by atomic mass is 16.5. The first-order valence-electron chi connectivity index (χ1n) is 7.51. The molecule has 0 atom stereocenters. The van der Waals surface area contributed by atoms with Crippen molar-refractivity contribution in [2.75, 3.05) is 26.3 Å². The van der Waals surface area contributed by atoms with Gasteiger partial charge in [0.05, 0.1) is 13.2 Å². The third-order valence-electron chi connectivity index (χ3n) is 4.37. The van der Waals surface area contributed by atoms with Crippen LogP contribution in [0.5, 0.6) is 0 Å². The predicted octanol–water partition coefficient (Wildman–Crippen LogP) is 4.07. The maximum absolute atomic E-state index is 5.33. The molecule has 1 heterocycles. The minimum absolute atomic E-state index is 0.494. The highest BCUT2D eigenvalue weighted by Crippen LogP contribution is 2.32. The molecule has 1 aliphatic rings. The van der Waals surface area contributed by atoms with Gasteiger partial charge in [0.2, 0.25) is 0 Å². The molecule has 1 saturated heterocycles. The molecule has 2 nitrogen and oxygen atoms in total. The molecule has 0 unspecified atom stereocenters. The second-order valence-electron chi connectivity index (χ2n) is 6.42. The second-order valence-corrected chi connectivity index (χ2v) is 6.42. The van der Waals surface area contributed by atoms with Crippen LogP contribution in [-0.4, -0.2) is 31.2 Å². The minimum atomic E-state index is 0.494. The molecular weight excluding hydrogens is 222 g/mol. The number of nitrogens with zero attached hydrogens (tertiary/aromatic N) is 1. The van der Waals surface area contributed by atoms with Gasteiger partial charge in [-0.2, -0.15) is 0 Å². The number of morpholine rings is 1. The molecule has 1 fully saturated rings. The van der Waals surface area contributed by atoms with Gasteiger partial charge >= 0.3 is 0 Å². The zero-order valence-corrected chi connectivity index (χ0v) is 12.7. The van der Waals surface area contributed by atoms with E-state index in [1.54, 1.807) is 0 Å². The van der Waals surface area contributed by atoms with Crippen molar-refractivity contribution in [2.45, 2.75) is 53.4 Å². The van der Waals surface area contributed by atoms with Gasteiger partial charge in [-0.15, -0.1) is 0 Å². The van der Waals surface area contributed by atoms with Crippen molar-refractivity contribution in [1.29, 1.82) is 0 Å². The van der Waals surface area contributed by atoms with Crippen molar-refractivity contribution < 1.29 is 4.74 Å². The Morgan fingerprint density at radius 3 is 2.44 bits per heavy atom. The Morgan fingerprint density at radius 1 is 1.17 bits per heavy atom. The molecule has 0 radical (unpaired) electrons. The van der Waals surface area contributed by atoms with Gasteiger partial charge in [-0.1, -0.05) is 40.2 Å². The number of unbranched alkanes of at least 4 members (excludes halogenated alkanes) is 2. The van der Waals surface area contributed by atoms with Crippen LogP contribution in [0.1, 0.15) is 53.4 Å². The Kier molecular flexibility index (Phi) is 6.77. The Bertz CT molecular complexity index is 239. The van der Waals surface area contributed by atoms with E-state index in [1.165, 1.54) is 25.7 Å². The molecule has 2 heteroatoms. The van der Waals surface area contributed by atoms with Crippen LogP contribution in [0.2, 0.25) is 0 Å². The van der Waals surface area contributed by atoms with Crippen LogP contribution >= 0.6 is 0 Å². The summed E-state index contributed by atoms with van der Waals surface area (Å²) in [5, 5.41) is 0. The highest BCUT2D eigenvalue weighted by Gasteiger charge is 2.20. The van der Waals surface area contributed by atoms with Gasteiger partial charge in [0.1, 0.15) is 0 Å². The maximum Gasteiger partial charge on any atom is 0.0642 e. The number of rotatable bonds is 7. The monoisotopic (exact) mass is 253 g/mol. The molecule has 0 amide bonds. The van der Waals surface area contributed by atoms with Crippen LogP contribution in [0, 0.1) is 11.3 Å². The van der Waals surface area contributed by atoms with Gasteiger partial charge in [-0.3, -0.25) is 0 Å². The minimum Gasteiger partial charge on any atom is -0.378 e. The number of allylic oxidation sites excluding steroid dienone is 1. The quantitative estimate of drug-likeness (QED) is 0.634. The first kappa shape index (κ1) is 15.6. The summed E-state index contributed by atoms with van der Waals surface area (Å²) >= 11 is 0. The molecule has 0 aromatic carbocycles. The molecule has 1 aliphatic heterocycles. The molecule has 0 aliphatic carbocycles. The van der Waals surface area contributed by atoms with Crippen molar-refractivity contribution >= 4 is 0 Å². The van der Waals surface area contributed by atoms with Crippen LogP contribution in [0.3, 0.4) is 0 Å². The predicted molar refractivity (Wildman–Crippen MR) is 78.6 cm³/mol. The van der Waals surface area contributed by atoms with Crippen LogP contribution in [-0.2, 0) is 4.74 Å². The number of hydrogen-bond acceptors (Lipinski definition) is 2. The summed E-state index contributed by atoms with van der Waals surface area (Å²) in [6.45, 7) is 13.3. The molecule has 0 aromatic heterocycles. The summed E-state index contributed by atoms with van der Waals surface area (Å²) in [7, 11) is 0. The molecular formula is C16H31NO. The smallest absolute Gasteiger partial charge is 0.0642 e. The van der Waals surface area contributed by atoms with E-state index < -0.39 is 0 Å². The van der Waals surface area contributed by atoms with Crippen LogP contribution in [0.4, 0.5) is 0 Å². The van der Waals surface area contributed by atoms with Crippen molar-refractivity contribution in [1.82, 2.24) is 4.90 Å². The summed E-state index contributed by atoms with van der Waals surface area (Å²) in [5.74, 6) is 0.779. The molecule has 0 saturated carbocycles. The summed E-state index contributed by atoms with van der Waals surface area (Å²) in [6, 6.07) is 0. The zero-order chi connectivity index (χ0) is 13.4. The van der Waals surface area contributed by atoms with Crippen molar-refractivity contribution in [3.05, 3.63) is 12.3 Å². The fraction of sp³-hybridized carbons (Fsp3) is 0.875. The third-order valence-corrected chi connectivity index (χ3v) is 4.37. The summed E-state index contributed by atoms with van der Waals surface area (Å²) in [5.41, 5.74) is 0.494. The van der Waals surface area contributed by atoms with E-state index in [4.69, 9.17) is 4.74 Å². The van der Waals surface area contributed by atoms with Crippen molar-refractivity contribution in [3.8, 4) is 0 Å². The second kappa shape index (κ2) is 7.83. The lowest BCUT2D eigenvalue weighted by molar-refractivity contribution is 0.0593. The zero-order valence-electron chi connectivity index (χ0n) is 12.7. The van der Waals surface area contributed by atoms with Crippen LogP contribution in [0.15, 0.2) is 12.3 Å². The van der Waals surface area contributed by atoms with Gasteiger partial charge in [-0.05, 0) is 36.8 Å². The lowest BCUT2D eigenvalue weighted by Gasteiger charge is -2.29. The number of hydrogen-bond donors (Lipinski definition) is 0. The average Bonchev–Trinajstić information content (AvgIpc) is 2.34. The van der Waals surface area contributed by atoms with Crippen LogP contribution < -0.4 is 0 Å². The lowest BCUT2D eigenvalue weighted by Crippen LogP contribution is -2.31. The Balaban J connectivity index is 2.06. The normalized spacial score (nSPS) is 17.9. The topological polar surface area (TPSA) is 12.5 Å². The fourth-order valence-electron chi connectivity index (χ4n) is 2.08. The maximum atomic E-state index is 5.33. The Labute approximate surface area is 113 Å². The highest BCUT2D eigenvalue weighted by molar-refractivity contribution is 4.84. The van der Waals surface area contributed by atoms with E-state index in [-0.39, 0.29) is 0 Å². The molecule has 0 spiro atoms. The van der Waals surface area contributed by atoms with Gasteiger partial charge in [0.15, 0.2) is 0 Å². The van der Waals surface area contributed by atoms with Gasteiger partial charge in [-0.25, -0.2) is 0 Å². The average molecular weight is 253 g/mol. The first-order valence-corrected chi connectivity index (χ1v) is 7.51. The molecule has 18 heavy (non-hydrogen) atoms. The Morgan fingerprint density at radius 2 is 1.83 bits per heavy atom. The third kappa shape index (κ3) is 5.90. The van der Waals surface area contributed by atoms with E-state index in [9.17, 15) is 0 Å². The van der Waals surface area contributed by atoms with E-state index in [0.29, 0.717) is 5.41 Å². The van der Waals surface area contributed by atoms with E-state index in [1.807, 2.05) is 0 Å². The van der Waals surface area contributed by atoms with Gasteiger partial charge in [0, 0.05) is 13.1 Å². The summed E-state index contributed by atoms with van der Waals surface area (Å²) in [6.07, 6.45) is 9.81.